The number of allylic oxidation sites excluding steroid dienone is 1. The van der Waals surface area contributed by atoms with Crippen molar-refractivity contribution in [3.63, 3.8) is 0 Å². The summed E-state index contributed by atoms with van der Waals surface area (Å²) in [6.45, 7) is 9.97. The van der Waals surface area contributed by atoms with Crippen molar-refractivity contribution in [1.29, 1.82) is 0 Å². The second-order valence-electron chi connectivity index (χ2n) is 11.7. The zero-order valence-corrected chi connectivity index (χ0v) is 18.5. The van der Waals surface area contributed by atoms with Crippen molar-refractivity contribution in [2.24, 2.45) is 40.4 Å². The summed E-state index contributed by atoms with van der Waals surface area (Å²) in [5.41, 5.74) is 2.64. The third-order valence-electron chi connectivity index (χ3n) is 9.86. The van der Waals surface area contributed by atoms with Crippen LogP contribution in [0.2, 0.25) is 0 Å². The summed E-state index contributed by atoms with van der Waals surface area (Å²) in [6.07, 6.45) is 18.7. The molecule has 0 bridgehead atoms. The molecule has 27 heavy (non-hydrogen) atoms. The van der Waals surface area contributed by atoms with Crippen molar-refractivity contribution in [2.75, 3.05) is 0 Å². The average molecular weight is 373 g/mol. The molecule has 4 aliphatic carbocycles. The van der Waals surface area contributed by atoms with Gasteiger partial charge in [-0.1, -0.05) is 58.6 Å². The molecule has 4 rings (SSSR count). The van der Waals surface area contributed by atoms with Gasteiger partial charge < -0.3 is 5.11 Å². The minimum atomic E-state index is -0.0727. The maximum absolute atomic E-state index is 10.2. The molecular weight excluding hydrogens is 328 g/mol. The zero-order chi connectivity index (χ0) is 19.2. The Hall–Kier alpha value is -0.300. The third-order valence-corrected chi connectivity index (χ3v) is 9.86. The summed E-state index contributed by atoms with van der Waals surface area (Å²) in [6, 6.07) is 0. The summed E-state index contributed by atoms with van der Waals surface area (Å²) < 4.78 is 0. The number of hydrogen-bond acceptors (Lipinski definition) is 1. The standard InChI is InChI=1S/C26H44O/c1-18(2)7-5-6-8-19-10-12-23-22-11-9-20-17-21(27)13-15-26(20,4)24(22)14-16-25(19,23)3/h9,18-19,21-24,27H,5-8,10-17H2,1-4H3. The maximum atomic E-state index is 10.2. The van der Waals surface area contributed by atoms with E-state index in [9.17, 15) is 5.11 Å². The van der Waals surface area contributed by atoms with Crippen LogP contribution in [0.25, 0.3) is 0 Å². The summed E-state index contributed by atoms with van der Waals surface area (Å²) >= 11 is 0. The fourth-order valence-corrected chi connectivity index (χ4v) is 8.17. The number of hydrogen-bond donors (Lipinski definition) is 1. The number of aliphatic hydroxyl groups is 1. The number of fused-ring (bicyclic) bond motifs is 5. The summed E-state index contributed by atoms with van der Waals surface area (Å²) in [5, 5.41) is 10.2. The Balaban J connectivity index is 1.46. The molecule has 3 saturated carbocycles. The fourth-order valence-electron chi connectivity index (χ4n) is 8.17. The summed E-state index contributed by atoms with van der Waals surface area (Å²) in [4.78, 5) is 0. The normalized spacial score (nSPS) is 46.6. The zero-order valence-electron chi connectivity index (χ0n) is 18.5. The van der Waals surface area contributed by atoms with E-state index in [2.05, 4.69) is 33.8 Å². The van der Waals surface area contributed by atoms with E-state index in [1.165, 1.54) is 64.2 Å². The van der Waals surface area contributed by atoms with Crippen LogP contribution in [0.4, 0.5) is 0 Å². The van der Waals surface area contributed by atoms with E-state index in [0.29, 0.717) is 10.8 Å². The van der Waals surface area contributed by atoms with Crippen molar-refractivity contribution in [2.45, 2.75) is 111 Å². The van der Waals surface area contributed by atoms with E-state index >= 15 is 0 Å². The monoisotopic (exact) mass is 372 g/mol. The molecule has 0 spiro atoms. The molecule has 0 saturated heterocycles. The van der Waals surface area contributed by atoms with Gasteiger partial charge in [-0.25, -0.2) is 0 Å². The van der Waals surface area contributed by atoms with Crippen LogP contribution in [0, 0.1) is 40.4 Å². The molecule has 0 radical (unpaired) electrons. The van der Waals surface area contributed by atoms with Gasteiger partial charge in [0, 0.05) is 0 Å². The SMILES string of the molecule is CC(C)CCCCC1CCC2C3CC=C4CC(O)CCC4(C)C3CCC12C. The topological polar surface area (TPSA) is 20.2 Å². The smallest absolute Gasteiger partial charge is 0.0577 e. The van der Waals surface area contributed by atoms with E-state index in [4.69, 9.17) is 0 Å². The highest BCUT2D eigenvalue weighted by Gasteiger charge is 2.58. The minimum absolute atomic E-state index is 0.0727. The minimum Gasteiger partial charge on any atom is -0.393 e. The predicted molar refractivity (Wildman–Crippen MR) is 115 cm³/mol. The quantitative estimate of drug-likeness (QED) is 0.401. The Kier molecular flexibility index (Phi) is 5.56. The van der Waals surface area contributed by atoms with Gasteiger partial charge in [0.15, 0.2) is 0 Å². The number of aliphatic hydroxyl groups excluding tert-OH is 1. The van der Waals surface area contributed by atoms with Gasteiger partial charge in [0.05, 0.1) is 6.10 Å². The molecular formula is C26H44O. The summed E-state index contributed by atoms with van der Waals surface area (Å²) in [7, 11) is 0. The van der Waals surface area contributed by atoms with Gasteiger partial charge in [0.25, 0.3) is 0 Å². The average Bonchev–Trinajstić information content (AvgIpc) is 2.96. The molecule has 7 atom stereocenters. The Bertz CT molecular complexity index is 563. The van der Waals surface area contributed by atoms with Crippen molar-refractivity contribution < 1.29 is 5.11 Å². The van der Waals surface area contributed by atoms with Gasteiger partial charge in [-0.15, -0.1) is 0 Å². The van der Waals surface area contributed by atoms with Crippen LogP contribution in [-0.4, -0.2) is 11.2 Å². The molecule has 3 fully saturated rings. The third kappa shape index (κ3) is 3.45. The maximum Gasteiger partial charge on any atom is 0.0577 e. The molecule has 154 valence electrons. The lowest BCUT2D eigenvalue weighted by atomic mass is 9.47. The Morgan fingerprint density at radius 3 is 2.63 bits per heavy atom. The lowest BCUT2D eigenvalue weighted by molar-refractivity contribution is -0.0508. The van der Waals surface area contributed by atoms with Gasteiger partial charge in [0.1, 0.15) is 0 Å². The first-order valence-corrected chi connectivity index (χ1v) is 12.2. The molecule has 0 aliphatic heterocycles. The van der Waals surface area contributed by atoms with Crippen LogP contribution in [0.1, 0.15) is 105 Å². The molecule has 0 aromatic rings. The van der Waals surface area contributed by atoms with Crippen LogP contribution < -0.4 is 0 Å². The summed E-state index contributed by atoms with van der Waals surface area (Å²) in [5.74, 6) is 4.64. The van der Waals surface area contributed by atoms with E-state index in [1.54, 1.807) is 5.57 Å². The van der Waals surface area contributed by atoms with Crippen molar-refractivity contribution in [3.05, 3.63) is 11.6 Å². The van der Waals surface area contributed by atoms with E-state index < -0.39 is 0 Å². The molecule has 7 unspecified atom stereocenters. The van der Waals surface area contributed by atoms with E-state index in [1.807, 2.05) is 0 Å². The first kappa shape index (κ1) is 20.0. The molecule has 0 heterocycles. The van der Waals surface area contributed by atoms with Gasteiger partial charge in [-0.2, -0.15) is 0 Å². The van der Waals surface area contributed by atoms with Crippen LogP contribution >= 0.6 is 0 Å². The Morgan fingerprint density at radius 2 is 1.85 bits per heavy atom. The molecule has 0 amide bonds. The molecule has 1 nitrogen and oxygen atoms in total. The van der Waals surface area contributed by atoms with Gasteiger partial charge >= 0.3 is 0 Å². The lowest BCUT2D eigenvalue weighted by Crippen LogP contribution is -2.50. The largest absolute Gasteiger partial charge is 0.393 e. The van der Waals surface area contributed by atoms with Gasteiger partial charge in [0.2, 0.25) is 0 Å². The van der Waals surface area contributed by atoms with Gasteiger partial charge in [-0.3, -0.25) is 0 Å². The highest BCUT2D eigenvalue weighted by molar-refractivity contribution is 5.25. The first-order valence-electron chi connectivity index (χ1n) is 12.2. The molecule has 0 aromatic carbocycles. The van der Waals surface area contributed by atoms with Crippen molar-refractivity contribution in [1.82, 2.24) is 0 Å². The Morgan fingerprint density at radius 1 is 1.04 bits per heavy atom. The van der Waals surface area contributed by atoms with E-state index in [-0.39, 0.29) is 6.10 Å². The molecule has 0 aromatic heterocycles. The van der Waals surface area contributed by atoms with Crippen LogP contribution in [0.3, 0.4) is 0 Å². The first-order chi connectivity index (χ1) is 12.8. The van der Waals surface area contributed by atoms with Crippen molar-refractivity contribution >= 4 is 0 Å². The van der Waals surface area contributed by atoms with Crippen LogP contribution in [0.5, 0.6) is 0 Å². The molecule has 1 N–H and O–H groups in total. The second kappa shape index (κ2) is 7.51. The van der Waals surface area contributed by atoms with E-state index in [0.717, 1.165) is 42.4 Å². The second-order valence-corrected chi connectivity index (χ2v) is 11.7. The number of unbranched alkanes of at least 4 members (excludes halogenated alkanes) is 1. The number of rotatable bonds is 5. The van der Waals surface area contributed by atoms with Crippen LogP contribution in [-0.2, 0) is 0 Å². The Labute approximate surface area is 168 Å². The highest BCUT2D eigenvalue weighted by atomic mass is 16.3. The molecule has 4 aliphatic rings. The van der Waals surface area contributed by atoms with Gasteiger partial charge in [-0.05, 0) is 98.2 Å². The lowest BCUT2D eigenvalue weighted by Gasteiger charge is -2.58. The van der Waals surface area contributed by atoms with Crippen molar-refractivity contribution in [3.8, 4) is 0 Å². The van der Waals surface area contributed by atoms with Crippen LogP contribution in [0.15, 0.2) is 11.6 Å². The fraction of sp³-hybridized carbons (Fsp3) is 0.923. The predicted octanol–water partition coefficient (Wildman–Crippen LogP) is 7.14. The molecule has 1 heteroatoms. The highest BCUT2D eigenvalue weighted by Crippen LogP contribution is 2.66.